The zero-order valence-corrected chi connectivity index (χ0v) is 12.3. The number of rotatable bonds is 4. The van der Waals surface area contributed by atoms with Gasteiger partial charge in [0.15, 0.2) is 0 Å². The number of hydrogen-bond donors (Lipinski definition) is 2. The van der Waals surface area contributed by atoms with Gasteiger partial charge in [-0.1, -0.05) is 22.0 Å². The van der Waals surface area contributed by atoms with Crippen molar-refractivity contribution in [1.29, 1.82) is 0 Å². The van der Waals surface area contributed by atoms with Crippen LogP contribution in [0.2, 0.25) is 0 Å². The van der Waals surface area contributed by atoms with Crippen LogP contribution in [0.5, 0.6) is 0 Å². The van der Waals surface area contributed by atoms with Gasteiger partial charge in [0, 0.05) is 22.3 Å². The average molecular weight is 351 g/mol. The summed E-state index contributed by atoms with van der Waals surface area (Å²) in [5, 5.41) is 11.3. The molecule has 7 heteroatoms. The van der Waals surface area contributed by atoms with Crippen LogP contribution in [0.3, 0.4) is 0 Å². The van der Waals surface area contributed by atoms with E-state index in [2.05, 4.69) is 21.2 Å². The van der Waals surface area contributed by atoms with E-state index >= 15 is 0 Å². The smallest absolute Gasteiger partial charge is 0.323 e. The molecule has 0 aliphatic heterocycles. The van der Waals surface area contributed by atoms with Crippen LogP contribution >= 0.6 is 15.9 Å². The maximum absolute atomic E-state index is 12.0. The third-order valence-corrected chi connectivity index (χ3v) is 3.13. The van der Waals surface area contributed by atoms with Gasteiger partial charge in [-0.2, -0.15) is 0 Å². The Morgan fingerprint density at radius 2 is 2.00 bits per heavy atom. The summed E-state index contributed by atoms with van der Waals surface area (Å²) in [7, 11) is 0. The first-order valence-electron chi connectivity index (χ1n) is 5.95. The highest BCUT2D eigenvalue weighted by molar-refractivity contribution is 9.10. The average Bonchev–Trinajstić information content (AvgIpc) is 2.42. The highest BCUT2D eigenvalue weighted by atomic mass is 79.9. The summed E-state index contributed by atoms with van der Waals surface area (Å²) in [6.45, 7) is -0.459. The topological polar surface area (TPSA) is 88.4 Å². The van der Waals surface area contributed by atoms with Gasteiger partial charge in [-0.25, -0.2) is 0 Å². The van der Waals surface area contributed by atoms with Gasteiger partial charge >= 0.3 is 5.97 Å². The maximum Gasteiger partial charge on any atom is 0.323 e. The Morgan fingerprint density at radius 3 is 2.67 bits per heavy atom. The second kappa shape index (κ2) is 6.36. The fraction of sp³-hybridized carbons (Fsp3) is 0.0714. The predicted octanol–water partition coefficient (Wildman–Crippen LogP) is 1.95. The number of carbonyl (C=O) groups excluding carboxylic acids is 1. The highest BCUT2D eigenvalue weighted by Crippen LogP contribution is 2.13. The number of carboxylic acid groups (broad SMARTS) is 1. The van der Waals surface area contributed by atoms with Crippen molar-refractivity contribution in [1.82, 2.24) is 4.57 Å². The van der Waals surface area contributed by atoms with Gasteiger partial charge in [0.05, 0.1) is 5.69 Å². The van der Waals surface area contributed by atoms with Crippen LogP contribution in [0.25, 0.3) is 0 Å². The lowest BCUT2D eigenvalue weighted by molar-refractivity contribution is -0.137. The van der Waals surface area contributed by atoms with E-state index in [0.29, 0.717) is 11.3 Å². The van der Waals surface area contributed by atoms with Crippen LogP contribution in [0.1, 0.15) is 10.4 Å². The summed E-state index contributed by atoms with van der Waals surface area (Å²) in [5.41, 5.74) is 0.346. The van der Waals surface area contributed by atoms with Crippen molar-refractivity contribution in [2.75, 3.05) is 5.32 Å². The van der Waals surface area contributed by atoms with Crippen molar-refractivity contribution in [3.05, 3.63) is 63.0 Å². The summed E-state index contributed by atoms with van der Waals surface area (Å²) < 4.78 is 1.78. The predicted molar refractivity (Wildman–Crippen MR) is 80.4 cm³/mol. The molecule has 0 fully saturated rings. The van der Waals surface area contributed by atoms with Gasteiger partial charge in [0.2, 0.25) is 0 Å². The fourth-order valence-electron chi connectivity index (χ4n) is 1.71. The maximum atomic E-state index is 12.0. The zero-order chi connectivity index (χ0) is 15.4. The number of hydrogen-bond acceptors (Lipinski definition) is 3. The number of aromatic nitrogens is 1. The number of benzene rings is 1. The van der Waals surface area contributed by atoms with Gasteiger partial charge in [0.25, 0.3) is 11.5 Å². The number of aliphatic carboxylic acids is 1. The number of nitrogens with one attached hydrogen (secondary N) is 1. The Balaban J connectivity index is 2.21. The van der Waals surface area contributed by atoms with Crippen LogP contribution in [0, 0.1) is 0 Å². The molecule has 1 amide bonds. The third kappa shape index (κ3) is 4.03. The lowest BCUT2D eigenvalue weighted by atomic mass is 10.2. The Kier molecular flexibility index (Phi) is 4.54. The Hall–Kier alpha value is -2.41. The molecule has 21 heavy (non-hydrogen) atoms. The summed E-state index contributed by atoms with van der Waals surface area (Å²) in [6, 6.07) is 9.46. The van der Waals surface area contributed by atoms with Crippen molar-refractivity contribution in [2.24, 2.45) is 0 Å². The summed E-state index contributed by atoms with van der Waals surface area (Å²) in [6.07, 6.45) is 1.30. The molecular weight excluding hydrogens is 340 g/mol. The first-order valence-corrected chi connectivity index (χ1v) is 6.74. The molecule has 0 atom stereocenters. The summed E-state index contributed by atoms with van der Waals surface area (Å²) >= 11 is 3.27. The molecule has 0 saturated heterocycles. The molecule has 0 aliphatic rings. The van der Waals surface area contributed by atoms with Crippen LogP contribution in [0.15, 0.2) is 51.9 Å². The number of carbonyl (C=O) groups is 2. The molecule has 1 aromatic carbocycles. The summed E-state index contributed by atoms with van der Waals surface area (Å²) in [4.78, 5) is 34.2. The van der Waals surface area contributed by atoms with E-state index in [1.54, 1.807) is 24.3 Å². The first-order chi connectivity index (χ1) is 9.95. The van der Waals surface area contributed by atoms with E-state index in [4.69, 9.17) is 5.11 Å². The number of nitrogens with zero attached hydrogens (tertiary/aromatic N) is 1. The lowest BCUT2D eigenvalue weighted by Gasteiger charge is -2.08. The highest BCUT2D eigenvalue weighted by Gasteiger charge is 2.08. The quantitative estimate of drug-likeness (QED) is 0.881. The minimum Gasteiger partial charge on any atom is -0.480 e. The van der Waals surface area contributed by atoms with Gasteiger partial charge in [0.1, 0.15) is 6.54 Å². The monoisotopic (exact) mass is 350 g/mol. The van der Waals surface area contributed by atoms with Crippen molar-refractivity contribution in [2.45, 2.75) is 6.54 Å². The van der Waals surface area contributed by atoms with Crippen LogP contribution in [-0.4, -0.2) is 21.6 Å². The number of pyridine rings is 1. The standard InChI is InChI=1S/C14H11BrN2O4/c15-10-3-1-2-9(6-10)14(21)16-11-4-5-12(18)17(7-11)8-13(19)20/h1-7H,8H2,(H,16,21)(H,19,20). The van der Waals surface area contributed by atoms with E-state index in [1.807, 2.05) is 0 Å². The van der Waals surface area contributed by atoms with Gasteiger partial charge in [-0.15, -0.1) is 0 Å². The molecule has 2 aromatic rings. The first kappa shape index (κ1) is 15.0. The SMILES string of the molecule is O=C(O)Cn1cc(NC(=O)c2cccc(Br)c2)ccc1=O. The largest absolute Gasteiger partial charge is 0.480 e. The Labute approximate surface area is 128 Å². The molecule has 0 aliphatic carbocycles. The number of halogens is 1. The molecule has 108 valence electrons. The minimum atomic E-state index is -1.13. The van der Waals surface area contributed by atoms with Gasteiger partial charge in [-0.3, -0.25) is 14.4 Å². The molecule has 0 unspecified atom stereocenters. The molecular formula is C14H11BrN2O4. The molecule has 1 aromatic heterocycles. The lowest BCUT2D eigenvalue weighted by Crippen LogP contribution is -2.24. The van der Waals surface area contributed by atoms with Crippen molar-refractivity contribution < 1.29 is 14.7 Å². The zero-order valence-electron chi connectivity index (χ0n) is 10.7. The van der Waals surface area contributed by atoms with Crippen LogP contribution < -0.4 is 10.9 Å². The fourth-order valence-corrected chi connectivity index (χ4v) is 2.11. The minimum absolute atomic E-state index is 0.348. The number of anilines is 1. The Bertz CT molecular complexity index is 755. The molecule has 2 N–H and O–H groups in total. The molecule has 0 saturated carbocycles. The van der Waals surface area contributed by atoms with E-state index in [1.165, 1.54) is 18.3 Å². The van der Waals surface area contributed by atoms with Gasteiger partial charge < -0.3 is 15.0 Å². The van der Waals surface area contributed by atoms with Gasteiger partial charge in [-0.05, 0) is 24.3 Å². The van der Waals surface area contributed by atoms with Crippen LogP contribution in [-0.2, 0) is 11.3 Å². The van der Waals surface area contributed by atoms with E-state index in [9.17, 15) is 14.4 Å². The van der Waals surface area contributed by atoms with Crippen molar-refractivity contribution >= 4 is 33.5 Å². The van der Waals surface area contributed by atoms with Crippen molar-refractivity contribution in [3.63, 3.8) is 0 Å². The summed E-state index contributed by atoms with van der Waals surface area (Å²) in [5.74, 6) is -1.48. The second-order valence-corrected chi connectivity index (χ2v) is 5.16. The second-order valence-electron chi connectivity index (χ2n) is 4.24. The number of amides is 1. The van der Waals surface area contributed by atoms with Crippen LogP contribution in [0.4, 0.5) is 5.69 Å². The molecule has 0 spiro atoms. The molecule has 2 rings (SSSR count). The van der Waals surface area contributed by atoms with E-state index < -0.39 is 18.1 Å². The molecule has 6 nitrogen and oxygen atoms in total. The van der Waals surface area contributed by atoms with Crippen molar-refractivity contribution in [3.8, 4) is 0 Å². The molecule has 1 heterocycles. The Morgan fingerprint density at radius 1 is 1.24 bits per heavy atom. The third-order valence-electron chi connectivity index (χ3n) is 2.63. The number of carboxylic acids is 1. The molecule has 0 radical (unpaired) electrons. The normalized spacial score (nSPS) is 10.1. The van der Waals surface area contributed by atoms with E-state index in [0.717, 1.165) is 9.04 Å². The molecule has 0 bridgehead atoms. The van der Waals surface area contributed by atoms with E-state index in [-0.39, 0.29) is 5.91 Å².